The zero-order valence-electron chi connectivity index (χ0n) is 10.7. The molecule has 0 saturated heterocycles. The van der Waals surface area contributed by atoms with Crippen LogP contribution in [0.1, 0.15) is 13.0 Å². The van der Waals surface area contributed by atoms with Crippen LogP contribution in [0.2, 0.25) is 0 Å². The van der Waals surface area contributed by atoms with Crippen molar-refractivity contribution in [2.45, 2.75) is 13.8 Å². The van der Waals surface area contributed by atoms with Gasteiger partial charge in [-0.1, -0.05) is 13.5 Å². The molecule has 0 aromatic heterocycles. The predicted molar refractivity (Wildman–Crippen MR) is 102 cm³/mol. The second-order valence-electron chi connectivity index (χ2n) is 4.04. The van der Waals surface area contributed by atoms with Gasteiger partial charge in [-0.15, -0.1) is 0 Å². The Bertz CT molecular complexity index is 651. The Kier molecular flexibility index (Phi) is 9.49. The molecule has 0 bridgehead atoms. The van der Waals surface area contributed by atoms with Crippen LogP contribution in [-0.4, -0.2) is 5.91 Å². The SMILES string of the molecule is C.NC(=O)Cc1ccc(I)cc1F.Nc1ccc(I)cc1F. The highest BCUT2D eigenvalue weighted by molar-refractivity contribution is 14.1. The van der Waals surface area contributed by atoms with Gasteiger partial charge in [-0.25, -0.2) is 8.78 Å². The summed E-state index contributed by atoms with van der Waals surface area (Å²) >= 11 is 4.03. The summed E-state index contributed by atoms with van der Waals surface area (Å²) in [4.78, 5) is 10.5. The molecule has 1 amide bonds. The number of primary amides is 1. The lowest BCUT2D eigenvalue weighted by Crippen LogP contribution is -2.14. The highest BCUT2D eigenvalue weighted by atomic mass is 127. The Morgan fingerprint density at radius 3 is 1.91 bits per heavy atom. The number of amides is 1. The summed E-state index contributed by atoms with van der Waals surface area (Å²) < 4.78 is 27.1. The first-order valence-electron chi connectivity index (χ1n) is 5.72. The first kappa shape index (κ1) is 21.0. The van der Waals surface area contributed by atoms with Crippen molar-refractivity contribution in [3.05, 3.63) is 60.7 Å². The maximum absolute atomic E-state index is 13.0. The van der Waals surface area contributed by atoms with Crippen molar-refractivity contribution >= 4 is 56.8 Å². The molecule has 22 heavy (non-hydrogen) atoms. The van der Waals surface area contributed by atoms with Gasteiger partial charge in [-0.2, -0.15) is 0 Å². The molecule has 0 saturated carbocycles. The van der Waals surface area contributed by atoms with Crippen LogP contribution < -0.4 is 11.5 Å². The van der Waals surface area contributed by atoms with Crippen LogP contribution in [-0.2, 0) is 11.2 Å². The average Bonchev–Trinajstić information content (AvgIpc) is 2.38. The fourth-order valence-corrected chi connectivity index (χ4v) is 2.26. The van der Waals surface area contributed by atoms with Crippen molar-refractivity contribution in [3.8, 4) is 0 Å². The van der Waals surface area contributed by atoms with Crippen molar-refractivity contribution in [1.29, 1.82) is 0 Å². The van der Waals surface area contributed by atoms with Gasteiger partial charge < -0.3 is 11.5 Å². The first-order chi connectivity index (χ1) is 9.79. The predicted octanol–water partition coefficient (Wildman–Crippen LogP) is 4.11. The average molecular weight is 532 g/mol. The number of benzene rings is 2. The molecule has 0 aliphatic rings. The zero-order valence-corrected chi connectivity index (χ0v) is 15.1. The largest absolute Gasteiger partial charge is 0.396 e. The van der Waals surface area contributed by atoms with Crippen molar-refractivity contribution < 1.29 is 13.6 Å². The lowest BCUT2D eigenvalue weighted by Gasteiger charge is -1.99. The lowest BCUT2D eigenvalue weighted by atomic mass is 10.1. The van der Waals surface area contributed by atoms with E-state index < -0.39 is 5.91 Å². The Labute approximate surface area is 155 Å². The maximum atomic E-state index is 13.0. The molecule has 0 aliphatic carbocycles. The Morgan fingerprint density at radius 1 is 1.00 bits per heavy atom. The molecule has 0 atom stereocenters. The van der Waals surface area contributed by atoms with E-state index in [1.165, 1.54) is 12.1 Å². The number of carbonyl (C=O) groups is 1. The number of hydrogen-bond acceptors (Lipinski definition) is 2. The number of nitrogens with two attached hydrogens (primary N) is 2. The van der Waals surface area contributed by atoms with E-state index in [9.17, 15) is 13.6 Å². The van der Waals surface area contributed by atoms with E-state index in [1.54, 1.807) is 24.3 Å². The highest BCUT2D eigenvalue weighted by Crippen LogP contribution is 2.13. The van der Waals surface area contributed by atoms with Crippen molar-refractivity contribution in [2.24, 2.45) is 5.73 Å². The number of carbonyl (C=O) groups excluding carboxylic acids is 1. The van der Waals surface area contributed by atoms with Crippen LogP contribution in [0.15, 0.2) is 36.4 Å². The van der Waals surface area contributed by atoms with Crippen LogP contribution in [0.3, 0.4) is 0 Å². The van der Waals surface area contributed by atoms with Gasteiger partial charge in [0.1, 0.15) is 11.6 Å². The van der Waals surface area contributed by atoms with Gasteiger partial charge in [0.05, 0.1) is 12.1 Å². The third-order valence-electron chi connectivity index (χ3n) is 2.34. The van der Waals surface area contributed by atoms with Gasteiger partial charge >= 0.3 is 0 Å². The molecule has 120 valence electrons. The van der Waals surface area contributed by atoms with Crippen LogP contribution in [0.25, 0.3) is 0 Å². The van der Waals surface area contributed by atoms with E-state index in [1.807, 2.05) is 45.2 Å². The molecular formula is C15H16F2I2N2O. The maximum Gasteiger partial charge on any atom is 0.221 e. The molecule has 2 aromatic rings. The number of anilines is 1. The molecule has 0 heterocycles. The zero-order chi connectivity index (χ0) is 16.0. The van der Waals surface area contributed by atoms with Gasteiger partial charge in [-0.05, 0) is 81.1 Å². The number of rotatable bonds is 2. The normalized spacial score (nSPS) is 9.27. The molecule has 0 unspecified atom stereocenters. The minimum Gasteiger partial charge on any atom is -0.396 e. The van der Waals surface area contributed by atoms with Gasteiger partial charge in [0.25, 0.3) is 0 Å². The van der Waals surface area contributed by atoms with Crippen LogP contribution in [0, 0.1) is 18.8 Å². The first-order valence-corrected chi connectivity index (χ1v) is 7.88. The second-order valence-corrected chi connectivity index (χ2v) is 6.54. The van der Waals surface area contributed by atoms with Gasteiger partial charge in [0.2, 0.25) is 5.91 Å². The fourth-order valence-electron chi connectivity index (χ4n) is 1.35. The van der Waals surface area contributed by atoms with Crippen molar-refractivity contribution in [2.75, 3.05) is 5.73 Å². The standard InChI is InChI=1S/C8H7FINO.C6H5FIN.CH4/c9-7-4-6(10)2-1-5(7)3-8(11)12;7-5-3-4(8)1-2-6(5)9;/h1-2,4H,3H2,(H2,11,12);1-3H,9H2;1H4. The van der Waals surface area contributed by atoms with Crippen molar-refractivity contribution in [3.63, 3.8) is 0 Å². The van der Waals surface area contributed by atoms with E-state index in [2.05, 4.69) is 0 Å². The molecule has 4 N–H and O–H groups in total. The summed E-state index contributed by atoms with van der Waals surface area (Å²) in [6.45, 7) is 0. The Hall–Kier alpha value is -0.970. The molecule has 2 rings (SSSR count). The van der Waals surface area contributed by atoms with E-state index in [0.717, 1.165) is 7.14 Å². The lowest BCUT2D eigenvalue weighted by molar-refractivity contribution is -0.117. The van der Waals surface area contributed by atoms with Crippen LogP contribution in [0.5, 0.6) is 0 Å². The summed E-state index contributed by atoms with van der Waals surface area (Å²) in [5.74, 6) is -1.24. The number of halogens is 4. The number of nitrogen functional groups attached to an aromatic ring is 1. The summed E-state index contributed by atoms with van der Waals surface area (Å²) in [5, 5.41) is 0. The minimum atomic E-state index is -0.518. The molecule has 7 heteroatoms. The summed E-state index contributed by atoms with van der Waals surface area (Å²) in [5.41, 5.74) is 10.7. The van der Waals surface area contributed by atoms with E-state index >= 15 is 0 Å². The quantitative estimate of drug-likeness (QED) is 0.452. The monoisotopic (exact) mass is 532 g/mol. The smallest absolute Gasteiger partial charge is 0.221 e. The minimum absolute atomic E-state index is 0. The van der Waals surface area contributed by atoms with Crippen molar-refractivity contribution in [1.82, 2.24) is 0 Å². The third kappa shape index (κ3) is 7.34. The van der Waals surface area contributed by atoms with Gasteiger partial charge in [0.15, 0.2) is 0 Å². The molecule has 0 aliphatic heterocycles. The highest BCUT2D eigenvalue weighted by Gasteiger charge is 2.04. The van der Waals surface area contributed by atoms with Gasteiger partial charge in [0, 0.05) is 7.14 Å². The molecule has 0 radical (unpaired) electrons. The summed E-state index contributed by atoms with van der Waals surface area (Å²) in [6, 6.07) is 9.40. The summed E-state index contributed by atoms with van der Waals surface area (Å²) in [7, 11) is 0. The Balaban J connectivity index is 0.000000397. The second kappa shape index (κ2) is 9.93. The molecule has 0 fully saturated rings. The molecular weight excluding hydrogens is 516 g/mol. The van der Waals surface area contributed by atoms with Crippen LogP contribution >= 0.6 is 45.2 Å². The number of hydrogen-bond donors (Lipinski definition) is 2. The summed E-state index contributed by atoms with van der Waals surface area (Å²) in [6.07, 6.45) is -0.0389. The van der Waals surface area contributed by atoms with Gasteiger partial charge in [-0.3, -0.25) is 4.79 Å². The molecule has 0 spiro atoms. The van der Waals surface area contributed by atoms with E-state index in [4.69, 9.17) is 11.5 Å². The van der Waals surface area contributed by atoms with E-state index in [0.29, 0.717) is 5.56 Å². The molecule has 2 aromatic carbocycles. The molecule has 3 nitrogen and oxygen atoms in total. The fraction of sp³-hybridized carbons (Fsp3) is 0.133. The Morgan fingerprint density at radius 2 is 1.50 bits per heavy atom. The van der Waals surface area contributed by atoms with E-state index in [-0.39, 0.29) is 31.2 Å². The van der Waals surface area contributed by atoms with Crippen LogP contribution in [0.4, 0.5) is 14.5 Å². The third-order valence-corrected chi connectivity index (χ3v) is 3.68. The topological polar surface area (TPSA) is 69.1 Å².